The van der Waals surface area contributed by atoms with E-state index in [0.29, 0.717) is 16.6 Å². The molecule has 144 valence electrons. The van der Waals surface area contributed by atoms with Crippen molar-refractivity contribution in [3.63, 3.8) is 0 Å². The van der Waals surface area contributed by atoms with Crippen LogP contribution >= 0.6 is 22.9 Å². The number of carbonyl (C=O) groups is 1. The highest BCUT2D eigenvalue weighted by molar-refractivity contribution is 7.14. The molecule has 1 N–H and O–H groups in total. The highest BCUT2D eigenvalue weighted by Gasteiger charge is 2.19. The fourth-order valence-electron chi connectivity index (χ4n) is 3.24. The van der Waals surface area contributed by atoms with Crippen LogP contribution in [0.5, 0.6) is 0 Å². The summed E-state index contributed by atoms with van der Waals surface area (Å²) >= 11 is 7.37. The number of halogens is 1. The average molecular weight is 419 g/mol. The minimum Gasteiger partial charge on any atom is -0.302 e. The molecule has 4 rings (SSSR count). The highest BCUT2D eigenvalue weighted by atomic mass is 35.5. The Bertz CT molecular complexity index is 1040. The molecule has 0 spiro atoms. The molecule has 0 aliphatic carbocycles. The SMILES string of the molecule is O=C(CC(c1ccccc1)c1ccccc1)Nc1nc(-c2ccc(Cl)cc2)cs1. The van der Waals surface area contributed by atoms with Crippen molar-refractivity contribution >= 4 is 34.0 Å². The van der Waals surface area contributed by atoms with Gasteiger partial charge in [0.25, 0.3) is 0 Å². The molecular formula is C24H19ClN2OS. The molecule has 1 heterocycles. The Morgan fingerprint density at radius 3 is 2.07 bits per heavy atom. The molecule has 0 bridgehead atoms. The lowest BCUT2D eigenvalue weighted by molar-refractivity contribution is -0.116. The van der Waals surface area contributed by atoms with Gasteiger partial charge in [0, 0.05) is 28.3 Å². The molecule has 0 fully saturated rings. The van der Waals surface area contributed by atoms with E-state index in [2.05, 4.69) is 34.6 Å². The number of nitrogens with one attached hydrogen (secondary N) is 1. The average Bonchev–Trinajstić information content (AvgIpc) is 3.22. The Balaban J connectivity index is 1.49. The van der Waals surface area contributed by atoms with Crippen molar-refractivity contribution in [2.24, 2.45) is 0 Å². The maximum Gasteiger partial charge on any atom is 0.227 e. The third-order valence-corrected chi connectivity index (χ3v) is 5.69. The van der Waals surface area contributed by atoms with E-state index < -0.39 is 0 Å². The van der Waals surface area contributed by atoms with Crippen molar-refractivity contribution in [3.05, 3.63) is 106 Å². The standard InChI is InChI=1S/C24H19ClN2OS/c25-20-13-11-19(12-14-20)22-16-29-24(26-22)27-23(28)15-21(17-7-3-1-4-8-17)18-9-5-2-6-10-18/h1-14,16,21H,15H2,(H,26,27,28). The first-order chi connectivity index (χ1) is 14.2. The van der Waals surface area contributed by atoms with Crippen molar-refractivity contribution in [2.45, 2.75) is 12.3 Å². The third-order valence-electron chi connectivity index (χ3n) is 4.68. The van der Waals surface area contributed by atoms with E-state index in [1.165, 1.54) is 11.3 Å². The van der Waals surface area contributed by atoms with E-state index in [-0.39, 0.29) is 11.8 Å². The van der Waals surface area contributed by atoms with E-state index in [0.717, 1.165) is 22.4 Å². The largest absolute Gasteiger partial charge is 0.302 e. The lowest BCUT2D eigenvalue weighted by Gasteiger charge is -2.17. The zero-order chi connectivity index (χ0) is 20.1. The van der Waals surface area contributed by atoms with Crippen molar-refractivity contribution in [1.82, 2.24) is 4.98 Å². The lowest BCUT2D eigenvalue weighted by Crippen LogP contribution is -2.16. The Kier molecular flexibility index (Phi) is 6.03. The number of hydrogen-bond donors (Lipinski definition) is 1. The lowest BCUT2D eigenvalue weighted by atomic mass is 9.88. The van der Waals surface area contributed by atoms with Crippen molar-refractivity contribution < 1.29 is 4.79 Å². The predicted octanol–water partition coefficient (Wildman–Crippen LogP) is 6.62. The summed E-state index contributed by atoms with van der Waals surface area (Å²) in [6.45, 7) is 0. The van der Waals surface area contributed by atoms with Crippen LogP contribution in [0.25, 0.3) is 11.3 Å². The van der Waals surface area contributed by atoms with Crippen molar-refractivity contribution in [3.8, 4) is 11.3 Å². The van der Waals surface area contributed by atoms with Crippen molar-refractivity contribution in [1.29, 1.82) is 0 Å². The second-order valence-corrected chi connectivity index (χ2v) is 7.97. The summed E-state index contributed by atoms with van der Waals surface area (Å²) in [6, 6.07) is 27.7. The summed E-state index contributed by atoms with van der Waals surface area (Å²) in [5, 5.41) is 6.17. The van der Waals surface area contributed by atoms with E-state index >= 15 is 0 Å². The van der Waals surface area contributed by atoms with Crippen LogP contribution in [-0.4, -0.2) is 10.9 Å². The monoisotopic (exact) mass is 418 g/mol. The van der Waals surface area contributed by atoms with Crippen LogP contribution in [0.2, 0.25) is 5.02 Å². The first-order valence-electron chi connectivity index (χ1n) is 9.30. The number of rotatable bonds is 6. The Labute approximate surface area is 179 Å². The molecule has 5 heteroatoms. The van der Waals surface area contributed by atoms with Crippen LogP contribution < -0.4 is 5.32 Å². The molecule has 0 saturated heterocycles. The van der Waals surface area contributed by atoms with Gasteiger partial charge in [-0.1, -0.05) is 84.4 Å². The van der Waals surface area contributed by atoms with Gasteiger partial charge in [0.05, 0.1) is 5.69 Å². The van der Waals surface area contributed by atoms with Gasteiger partial charge >= 0.3 is 0 Å². The number of nitrogens with zero attached hydrogens (tertiary/aromatic N) is 1. The van der Waals surface area contributed by atoms with Gasteiger partial charge in [-0.3, -0.25) is 4.79 Å². The molecular weight excluding hydrogens is 400 g/mol. The number of anilines is 1. The Hall–Kier alpha value is -2.95. The van der Waals surface area contributed by atoms with E-state index in [1.807, 2.05) is 66.0 Å². The molecule has 0 atom stereocenters. The summed E-state index contributed by atoms with van der Waals surface area (Å²) in [5.41, 5.74) is 4.03. The number of carbonyl (C=O) groups excluding carboxylic acids is 1. The Morgan fingerprint density at radius 2 is 1.48 bits per heavy atom. The third kappa shape index (κ3) is 4.91. The van der Waals surface area contributed by atoms with Crippen LogP contribution in [0.3, 0.4) is 0 Å². The predicted molar refractivity (Wildman–Crippen MR) is 121 cm³/mol. The molecule has 0 saturated carbocycles. The number of amides is 1. The maximum atomic E-state index is 12.8. The molecule has 0 aliphatic rings. The number of benzene rings is 3. The summed E-state index contributed by atoms with van der Waals surface area (Å²) in [5.74, 6) is -0.0622. The van der Waals surface area contributed by atoms with Gasteiger partial charge < -0.3 is 5.32 Å². The van der Waals surface area contributed by atoms with Gasteiger partial charge in [-0.15, -0.1) is 11.3 Å². The van der Waals surface area contributed by atoms with E-state index in [4.69, 9.17) is 11.6 Å². The molecule has 1 amide bonds. The molecule has 0 aliphatic heterocycles. The zero-order valence-electron chi connectivity index (χ0n) is 15.6. The van der Waals surface area contributed by atoms with Crippen LogP contribution in [0.15, 0.2) is 90.3 Å². The fraction of sp³-hybridized carbons (Fsp3) is 0.0833. The first kappa shape index (κ1) is 19.4. The normalized spacial score (nSPS) is 10.8. The van der Waals surface area contributed by atoms with Gasteiger partial charge in [-0.05, 0) is 23.3 Å². The van der Waals surface area contributed by atoms with Crippen LogP contribution in [0, 0.1) is 0 Å². The summed E-state index contributed by atoms with van der Waals surface area (Å²) < 4.78 is 0. The maximum absolute atomic E-state index is 12.8. The minimum atomic E-state index is -0.0558. The fourth-order valence-corrected chi connectivity index (χ4v) is 4.10. The zero-order valence-corrected chi connectivity index (χ0v) is 17.2. The second kappa shape index (κ2) is 9.03. The molecule has 29 heavy (non-hydrogen) atoms. The topological polar surface area (TPSA) is 42.0 Å². The summed E-state index contributed by atoms with van der Waals surface area (Å²) in [7, 11) is 0. The molecule has 4 aromatic rings. The molecule has 3 aromatic carbocycles. The first-order valence-corrected chi connectivity index (χ1v) is 10.6. The van der Waals surface area contributed by atoms with Gasteiger partial charge in [0.15, 0.2) is 5.13 Å². The van der Waals surface area contributed by atoms with E-state index in [9.17, 15) is 4.79 Å². The van der Waals surface area contributed by atoms with Gasteiger partial charge in [0.1, 0.15) is 0 Å². The highest BCUT2D eigenvalue weighted by Crippen LogP contribution is 2.30. The summed E-state index contributed by atoms with van der Waals surface area (Å²) in [6.07, 6.45) is 0.351. The number of thiazole rings is 1. The quantitative estimate of drug-likeness (QED) is 0.382. The molecule has 1 aromatic heterocycles. The van der Waals surface area contributed by atoms with Crippen LogP contribution in [-0.2, 0) is 4.79 Å². The van der Waals surface area contributed by atoms with Gasteiger partial charge in [0.2, 0.25) is 5.91 Å². The molecule has 0 radical (unpaired) electrons. The van der Waals surface area contributed by atoms with E-state index in [1.54, 1.807) is 0 Å². The number of aromatic nitrogens is 1. The second-order valence-electron chi connectivity index (χ2n) is 6.67. The number of hydrogen-bond acceptors (Lipinski definition) is 3. The van der Waals surface area contributed by atoms with Crippen LogP contribution in [0.1, 0.15) is 23.5 Å². The van der Waals surface area contributed by atoms with Gasteiger partial charge in [-0.25, -0.2) is 4.98 Å². The smallest absolute Gasteiger partial charge is 0.227 e. The van der Waals surface area contributed by atoms with Crippen molar-refractivity contribution in [2.75, 3.05) is 5.32 Å². The summed E-state index contributed by atoms with van der Waals surface area (Å²) in [4.78, 5) is 17.3. The van der Waals surface area contributed by atoms with Crippen LogP contribution in [0.4, 0.5) is 5.13 Å². The van der Waals surface area contributed by atoms with Gasteiger partial charge in [-0.2, -0.15) is 0 Å². The Morgan fingerprint density at radius 1 is 0.897 bits per heavy atom. The minimum absolute atomic E-state index is 0.00639. The molecule has 0 unspecified atom stereocenters. The molecule has 3 nitrogen and oxygen atoms in total.